The Balaban J connectivity index is 1.70. The Morgan fingerprint density at radius 1 is 0.972 bits per heavy atom. The lowest BCUT2D eigenvalue weighted by molar-refractivity contribution is -0.343. The number of hydrogen-bond acceptors (Lipinski definition) is 4. The van der Waals surface area contributed by atoms with Gasteiger partial charge in [0.2, 0.25) is 0 Å². The number of anilines is 1. The number of thiophene rings is 1. The van der Waals surface area contributed by atoms with E-state index in [1.807, 2.05) is 19.1 Å². The molecule has 0 bridgehead atoms. The third kappa shape index (κ3) is 5.16. The van der Waals surface area contributed by atoms with Crippen LogP contribution in [0.4, 0.5) is 36.4 Å². The molecule has 36 heavy (non-hydrogen) atoms. The molecule has 0 aliphatic rings. The number of benzene rings is 2. The Morgan fingerprint density at radius 3 is 2.17 bits per heavy atom. The van der Waals surface area contributed by atoms with E-state index in [9.17, 15) is 40.3 Å². The van der Waals surface area contributed by atoms with Crippen LogP contribution in [0.3, 0.4) is 0 Å². The fraction of sp³-hybridized carbons (Fsp3) is 0.227. The molecule has 0 radical (unpaired) electrons. The van der Waals surface area contributed by atoms with E-state index in [1.54, 1.807) is 6.07 Å². The molecule has 2 aromatic carbocycles. The Bertz CT molecular complexity index is 1350. The molecule has 0 aliphatic carbocycles. The second-order valence-corrected chi connectivity index (χ2v) is 8.99. The van der Waals surface area contributed by atoms with Gasteiger partial charge >= 0.3 is 23.9 Å². The summed E-state index contributed by atoms with van der Waals surface area (Å²) < 4.78 is 90.5. The summed E-state index contributed by atoms with van der Waals surface area (Å²) in [5.74, 6) is -16.0. The van der Waals surface area contributed by atoms with Crippen molar-refractivity contribution in [3.63, 3.8) is 0 Å². The SMILES string of the molecule is CC(=NNC(=O)c1sc2cc(C)ccc2c1Cl)c1ccc(NC(=O)C(F)(F)C(F)(F)C(F)(F)F)cc1. The quantitative estimate of drug-likeness (QED) is 0.200. The number of alkyl halides is 7. The minimum atomic E-state index is -6.63. The van der Waals surface area contributed by atoms with Gasteiger partial charge in [0.1, 0.15) is 4.88 Å². The highest BCUT2D eigenvalue weighted by molar-refractivity contribution is 7.21. The van der Waals surface area contributed by atoms with Gasteiger partial charge in [0, 0.05) is 15.8 Å². The van der Waals surface area contributed by atoms with Crippen molar-refractivity contribution in [2.45, 2.75) is 31.9 Å². The molecule has 0 unspecified atom stereocenters. The first-order chi connectivity index (χ1) is 16.6. The minimum absolute atomic E-state index is 0.225. The molecule has 3 rings (SSSR count). The van der Waals surface area contributed by atoms with Crippen molar-refractivity contribution in [2.24, 2.45) is 5.10 Å². The van der Waals surface area contributed by atoms with E-state index >= 15 is 0 Å². The lowest BCUT2D eigenvalue weighted by atomic mass is 10.1. The molecule has 0 fully saturated rings. The fourth-order valence-electron chi connectivity index (χ4n) is 2.89. The van der Waals surface area contributed by atoms with Gasteiger partial charge in [-0.3, -0.25) is 9.59 Å². The molecule has 14 heteroatoms. The molecule has 0 aliphatic heterocycles. The smallest absolute Gasteiger partial charge is 0.321 e. The summed E-state index contributed by atoms with van der Waals surface area (Å²) >= 11 is 7.45. The van der Waals surface area contributed by atoms with Crippen molar-refractivity contribution in [3.8, 4) is 0 Å². The molecular formula is C22H15ClF7N3O2S. The molecule has 0 saturated heterocycles. The van der Waals surface area contributed by atoms with E-state index in [-0.39, 0.29) is 15.6 Å². The van der Waals surface area contributed by atoms with Gasteiger partial charge in [0.25, 0.3) is 5.91 Å². The number of aryl methyl sites for hydroxylation is 1. The third-order valence-electron chi connectivity index (χ3n) is 4.91. The average molecular weight is 554 g/mol. The summed E-state index contributed by atoms with van der Waals surface area (Å²) in [6, 6.07) is 9.92. The van der Waals surface area contributed by atoms with Gasteiger partial charge in [-0.2, -0.15) is 35.8 Å². The number of hydrazone groups is 1. The number of fused-ring (bicyclic) bond motifs is 1. The number of rotatable bonds is 6. The molecule has 3 aromatic rings. The zero-order valence-electron chi connectivity index (χ0n) is 18.2. The van der Waals surface area contributed by atoms with Crippen LogP contribution in [0.2, 0.25) is 5.02 Å². The molecule has 1 aromatic heterocycles. The van der Waals surface area contributed by atoms with Gasteiger partial charge in [-0.05, 0) is 43.2 Å². The lowest BCUT2D eigenvalue weighted by Crippen LogP contribution is -2.57. The largest absolute Gasteiger partial charge is 0.460 e. The number of halogens is 8. The van der Waals surface area contributed by atoms with Crippen LogP contribution in [0.25, 0.3) is 10.1 Å². The summed E-state index contributed by atoms with van der Waals surface area (Å²) in [6.45, 7) is 3.36. The third-order valence-corrected chi connectivity index (χ3v) is 6.57. The van der Waals surface area contributed by atoms with Crippen LogP contribution in [-0.2, 0) is 4.79 Å². The van der Waals surface area contributed by atoms with Gasteiger partial charge in [0.15, 0.2) is 0 Å². The Hall–Kier alpha value is -3.19. The van der Waals surface area contributed by atoms with E-state index in [4.69, 9.17) is 11.6 Å². The molecule has 0 spiro atoms. The van der Waals surface area contributed by atoms with Crippen molar-refractivity contribution in [3.05, 3.63) is 63.5 Å². The van der Waals surface area contributed by atoms with Gasteiger partial charge in [-0.1, -0.05) is 35.9 Å². The number of nitrogens with zero attached hydrogens (tertiary/aromatic N) is 1. The highest BCUT2D eigenvalue weighted by atomic mass is 35.5. The topological polar surface area (TPSA) is 70.6 Å². The standard InChI is InChI=1S/C22H15ClF7N3O2S/c1-10-3-8-14-15(9-10)36-17(16(14)23)18(34)33-32-11(2)12-4-6-13(7-5-12)31-19(35)20(24,25)21(26,27)22(28,29)30/h3-9H,1-2H3,(H,31,35)(H,33,34). The second-order valence-electron chi connectivity index (χ2n) is 7.56. The number of hydrogen-bond donors (Lipinski definition) is 2. The summed E-state index contributed by atoms with van der Waals surface area (Å²) in [5.41, 5.74) is 3.39. The van der Waals surface area contributed by atoms with E-state index in [0.29, 0.717) is 10.9 Å². The predicted octanol–water partition coefficient (Wildman–Crippen LogP) is 6.79. The monoisotopic (exact) mass is 553 g/mol. The van der Waals surface area contributed by atoms with Gasteiger partial charge in [-0.15, -0.1) is 11.3 Å². The molecule has 1 heterocycles. The maximum Gasteiger partial charge on any atom is 0.460 e. The van der Waals surface area contributed by atoms with Crippen LogP contribution >= 0.6 is 22.9 Å². The van der Waals surface area contributed by atoms with Crippen LogP contribution in [-0.4, -0.2) is 35.5 Å². The number of carbonyl (C=O) groups excluding carboxylic acids is 2. The molecule has 5 nitrogen and oxygen atoms in total. The molecule has 192 valence electrons. The number of amides is 2. The molecule has 2 N–H and O–H groups in total. The normalized spacial score (nSPS) is 13.1. The predicted molar refractivity (Wildman–Crippen MR) is 122 cm³/mol. The maximum absolute atomic E-state index is 13.5. The first kappa shape index (κ1) is 27.4. The van der Waals surface area contributed by atoms with Crippen LogP contribution in [0.1, 0.15) is 27.7 Å². The van der Waals surface area contributed by atoms with Crippen molar-refractivity contribution in [2.75, 3.05) is 5.32 Å². The summed E-state index contributed by atoms with van der Waals surface area (Å²) in [5, 5.41) is 6.21. The molecule has 2 amide bonds. The molecule has 0 saturated carbocycles. The average Bonchev–Trinajstić information content (AvgIpc) is 3.12. The minimum Gasteiger partial charge on any atom is -0.321 e. The number of carbonyl (C=O) groups is 2. The maximum atomic E-state index is 13.5. The van der Waals surface area contributed by atoms with Crippen molar-refractivity contribution >= 4 is 56.2 Å². The Kier molecular flexibility index (Phi) is 7.38. The highest BCUT2D eigenvalue weighted by Crippen LogP contribution is 2.46. The zero-order chi connectivity index (χ0) is 27.1. The summed E-state index contributed by atoms with van der Waals surface area (Å²) in [4.78, 5) is 24.2. The van der Waals surface area contributed by atoms with E-state index in [0.717, 1.165) is 22.4 Å². The van der Waals surface area contributed by atoms with Crippen molar-refractivity contribution in [1.82, 2.24) is 5.43 Å². The first-order valence-corrected chi connectivity index (χ1v) is 11.0. The molecular weight excluding hydrogens is 539 g/mol. The van der Waals surface area contributed by atoms with Gasteiger partial charge in [0.05, 0.1) is 10.7 Å². The van der Waals surface area contributed by atoms with Crippen molar-refractivity contribution in [1.29, 1.82) is 0 Å². The summed E-state index contributed by atoms with van der Waals surface area (Å²) in [7, 11) is 0. The van der Waals surface area contributed by atoms with Crippen LogP contribution < -0.4 is 10.7 Å². The second kappa shape index (κ2) is 9.69. The van der Waals surface area contributed by atoms with Gasteiger partial charge in [-0.25, -0.2) is 5.43 Å². The van der Waals surface area contributed by atoms with E-state index in [1.165, 1.54) is 35.7 Å². The van der Waals surface area contributed by atoms with E-state index in [2.05, 4.69) is 10.5 Å². The van der Waals surface area contributed by atoms with Crippen LogP contribution in [0.15, 0.2) is 47.6 Å². The number of nitrogens with one attached hydrogen (secondary N) is 2. The fourth-order valence-corrected chi connectivity index (χ4v) is 4.40. The van der Waals surface area contributed by atoms with Crippen LogP contribution in [0, 0.1) is 6.92 Å². The van der Waals surface area contributed by atoms with Crippen LogP contribution in [0.5, 0.6) is 0 Å². The van der Waals surface area contributed by atoms with Gasteiger partial charge < -0.3 is 5.32 Å². The lowest BCUT2D eigenvalue weighted by Gasteiger charge is -2.27. The van der Waals surface area contributed by atoms with Crippen molar-refractivity contribution < 1.29 is 40.3 Å². The Morgan fingerprint density at radius 2 is 1.58 bits per heavy atom. The van der Waals surface area contributed by atoms with E-state index < -0.39 is 35.5 Å². The summed E-state index contributed by atoms with van der Waals surface area (Å²) in [6.07, 6.45) is -6.63. The Labute approximate surface area is 207 Å². The molecule has 0 atom stereocenters. The highest BCUT2D eigenvalue weighted by Gasteiger charge is 2.76. The zero-order valence-corrected chi connectivity index (χ0v) is 19.8. The first-order valence-electron chi connectivity index (χ1n) is 9.83.